The Hall–Kier alpha value is -2.05. The fourth-order valence-corrected chi connectivity index (χ4v) is 2.32. The highest BCUT2D eigenvalue weighted by molar-refractivity contribution is 5.75. The molecule has 2 N–H and O–H groups in total. The van der Waals surface area contributed by atoms with Crippen molar-refractivity contribution in [2.75, 3.05) is 7.05 Å². The van der Waals surface area contributed by atoms with Crippen LogP contribution in [0.25, 0.3) is 0 Å². The molecule has 1 heterocycles. The molecule has 0 spiro atoms. The van der Waals surface area contributed by atoms with Gasteiger partial charge in [0.25, 0.3) is 0 Å². The number of nitrogens with one attached hydrogen (secondary N) is 1. The minimum atomic E-state index is -0.907. The fourth-order valence-electron chi connectivity index (χ4n) is 2.32. The number of carbonyl (C=O) groups is 2. The van der Waals surface area contributed by atoms with Crippen molar-refractivity contribution in [2.24, 2.45) is 5.92 Å². The maximum absolute atomic E-state index is 12.2. The molecule has 0 unspecified atom stereocenters. The third kappa shape index (κ3) is 5.75. The molecule has 0 fully saturated rings. The maximum atomic E-state index is 12.2. The van der Waals surface area contributed by atoms with Gasteiger partial charge in [-0.25, -0.2) is 9.78 Å². The quantitative estimate of drug-likeness (QED) is 0.768. The highest BCUT2D eigenvalue weighted by Gasteiger charge is 2.20. The number of rotatable bonds is 8. The second kappa shape index (κ2) is 8.41. The molecular formula is C15H26N4O3. The first kappa shape index (κ1) is 18.0. The molecule has 1 aromatic rings. The predicted octanol–water partition coefficient (Wildman–Crippen LogP) is 1.93. The van der Waals surface area contributed by atoms with Gasteiger partial charge in [0.05, 0.1) is 13.0 Å². The van der Waals surface area contributed by atoms with Gasteiger partial charge < -0.3 is 19.9 Å². The van der Waals surface area contributed by atoms with Gasteiger partial charge in [-0.15, -0.1) is 0 Å². The molecular weight excluding hydrogens is 284 g/mol. The molecule has 2 amide bonds. The van der Waals surface area contributed by atoms with Crippen LogP contribution < -0.4 is 5.32 Å². The zero-order valence-electron chi connectivity index (χ0n) is 13.7. The maximum Gasteiger partial charge on any atom is 0.317 e. The molecule has 0 aliphatic rings. The molecule has 1 rings (SSSR count). The Morgan fingerprint density at radius 1 is 1.45 bits per heavy atom. The third-order valence-electron chi connectivity index (χ3n) is 3.37. The minimum Gasteiger partial charge on any atom is -0.481 e. The van der Waals surface area contributed by atoms with E-state index in [0.717, 1.165) is 12.4 Å². The van der Waals surface area contributed by atoms with Crippen molar-refractivity contribution in [3.05, 3.63) is 18.2 Å². The molecule has 0 bridgehead atoms. The van der Waals surface area contributed by atoms with Crippen molar-refractivity contribution in [3.63, 3.8) is 0 Å². The average Bonchev–Trinajstić information content (AvgIpc) is 2.84. The van der Waals surface area contributed by atoms with E-state index in [1.54, 1.807) is 13.2 Å². The van der Waals surface area contributed by atoms with Crippen LogP contribution in [0, 0.1) is 5.92 Å². The number of imidazole rings is 1. The number of urea groups is 1. The Kier molecular flexibility index (Phi) is 6.88. The van der Waals surface area contributed by atoms with Gasteiger partial charge >= 0.3 is 12.0 Å². The van der Waals surface area contributed by atoms with Crippen LogP contribution in [0.4, 0.5) is 4.79 Å². The summed E-state index contributed by atoms with van der Waals surface area (Å²) in [6, 6.07) is -0.643. The Balaban J connectivity index is 2.62. The smallest absolute Gasteiger partial charge is 0.317 e. The lowest BCUT2D eigenvalue weighted by molar-refractivity contribution is -0.137. The van der Waals surface area contributed by atoms with Crippen LogP contribution in [0.2, 0.25) is 0 Å². The summed E-state index contributed by atoms with van der Waals surface area (Å²) < 4.78 is 1.96. The summed E-state index contributed by atoms with van der Waals surface area (Å²) in [5, 5.41) is 11.7. The van der Waals surface area contributed by atoms with Crippen molar-refractivity contribution in [1.82, 2.24) is 19.8 Å². The van der Waals surface area contributed by atoms with Crippen molar-refractivity contribution >= 4 is 12.0 Å². The highest BCUT2D eigenvalue weighted by atomic mass is 16.4. The second-order valence-electron chi connectivity index (χ2n) is 5.86. The Bertz CT molecular complexity index is 499. The largest absolute Gasteiger partial charge is 0.481 e. The molecule has 0 saturated carbocycles. The van der Waals surface area contributed by atoms with Crippen LogP contribution in [0.15, 0.2) is 12.4 Å². The summed E-state index contributed by atoms with van der Waals surface area (Å²) in [5.74, 6) is 0.211. The molecule has 124 valence electrons. The van der Waals surface area contributed by atoms with Gasteiger partial charge in [-0.05, 0) is 19.3 Å². The van der Waals surface area contributed by atoms with Gasteiger partial charge in [0.15, 0.2) is 0 Å². The average molecular weight is 310 g/mol. The van der Waals surface area contributed by atoms with E-state index < -0.39 is 5.97 Å². The second-order valence-corrected chi connectivity index (χ2v) is 5.86. The molecule has 0 saturated heterocycles. The lowest BCUT2D eigenvalue weighted by atomic mass is 10.0. The zero-order valence-corrected chi connectivity index (χ0v) is 13.7. The number of carboxylic acids is 1. The SMILES string of the molecule is CCn1ccnc1CN(C)C(=O)N[C@@H](CC(=O)O)CC(C)C. The van der Waals surface area contributed by atoms with Gasteiger partial charge in [-0.3, -0.25) is 4.79 Å². The topological polar surface area (TPSA) is 87.5 Å². The molecule has 7 nitrogen and oxygen atoms in total. The number of aliphatic carboxylic acids is 1. The standard InChI is InChI=1S/C15H26N4O3/c1-5-19-7-6-16-13(19)10-18(4)15(22)17-12(8-11(2)3)9-14(20)21/h6-7,11-12H,5,8-10H2,1-4H3,(H,17,22)(H,20,21)/t12-/m1/s1. The number of hydrogen-bond donors (Lipinski definition) is 2. The predicted molar refractivity (Wildman–Crippen MR) is 83.4 cm³/mol. The number of aryl methyl sites for hydroxylation is 1. The van der Waals surface area contributed by atoms with Gasteiger partial charge in [-0.1, -0.05) is 13.8 Å². The van der Waals surface area contributed by atoms with E-state index in [1.165, 1.54) is 4.90 Å². The molecule has 1 atom stereocenters. The number of aromatic nitrogens is 2. The van der Waals surface area contributed by atoms with Crippen LogP contribution in [0.1, 0.15) is 39.4 Å². The van der Waals surface area contributed by atoms with Gasteiger partial charge in [0.1, 0.15) is 5.82 Å². The summed E-state index contributed by atoms with van der Waals surface area (Å²) in [5.41, 5.74) is 0. The highest BCUT2D eigenvalue weighted by Crippen LogP contribution is 2.09. The van der Waals surface area contributed by atoms with Gasteiger partial charge in [-0.2, -0.15) is 0 Å². The van der Waals surface area contributed by atoms with E-state index in [-0.39, 0.29) is 18.5 Å². The lowest BCUT2D eigenvalue weighted by Gasteiger charge is -2.24. The molecule has 22 heavy (non-hydrogen) atoms. The Morgan fingerprint density at radius 2 is 2.14 bits per heavy atom. The van der Waals surface area contributed by atoms with E-state index in [1.807, 2.05) is 31.5 Å². The van der Waals surface area contributed by atoms with E-state index in [2.05, 4.69) is 10.3 Å². The van der Waals surface area contributed by atoms with Crippen LogP contribution in [0.5, 0.6) is 0 Å². The number of carbonyl (C=O) groups excluding carboxylic acids is 1. The van der Waals surface area contributed by atoms with Crippen molar-refractivity contribution < 1.29 is 14.7 Å². The molecule has 1 aromatic heterocycles. The molecule has 0 aromatic carbocycles. The van der Waals surface area contributed by atoms with Gasteiger partial charge in [0, 0.05) is 32.0 Å². The monoisotopic (exact) mass is 310 g/mol. The van der Waals surface area contributed by atoms with E-state index in [4.69, 9.17) is 5.11 Å². The first-order valence-corrected chi connectivity index (χ1v) is 7.56. The van der Waals surface area contributed by atoms with Crippen molar-refractivity contribution in [1.29, 1.82) is 0 Å². The zero-order chi connectivity index (χ0) is 16.7. The van der Waals surface area contributed by atoms with Crippen LogP contribution >= 0.6 is 0 Å². The summed E-state index contributed by atoms with van der Waals surface area (Å²) in [6.45, 7) is 7.19. The van der Waals surface area contributed by atoms with Crippen LogP contribution in [0.3, 0.4) is 0 Å². The molecule has 0 radical (unpaired) electrons. The Labute approximate surface area is 131 Å². The lowest BCUT2D eigenvalue weighted by Crippen LogP contribution is -2.44. The Morgan fingerprint density at radius 3 is 2.68 bits per heavy atom. The van der Waals surface area contributed by atoms with Crippen LogP contribution in [-0.2, 0) is 17.9 Å². The number of carboxylic acid groups (broad SMARTS) is 1. The molecule has 0 aliphatic carbocycles. The normalized spacial score (nSPS) is 12.2. The third-order valence-corrected chi connectivity index (χ3v) is 3.37. The van der Waals surface area contributed by atoms with Crippen LogP contribution in [-0.4, -0.2) is 44.6 Å². The minimum absolute atomic E-state index is 0.0681. The van der Waals surface area contributed by atoms with E-state index in [9.17, 15) is 9.59 Å². The number of hydrogen-bond acceptors (Lipinski definition) is 3. The number of amides is 2. The van der Waals surface area contributed by atoms with E-state index in [0.29, 0.717) is 18.9 Å². The first-order chi connectivity index (χ1) is 10.3. The fraction of sp³-hybridized carbons (Fsp3) is 0.667. The summed E-state index contributed by atoms with van der Waals surface area (Å²) >= 11 is 0. The van der Waals surface area contributed by atoms with E-state index >= 15 is 0 Å². The summed E-state index contributed by atoms with van der Waals surface area (Å²) in [6.07, 6.45) is 4.14. The molecule has 0 aliphatic heterocycles. The van der Waals surface area contributed by atoms with Gasteiger partial charge in [0.2, 0.25) is 0 Å². The van der Waals surface area contributed by atoms with Crippen molar-refractivity contribution in [3.8, 4) is 0 Å². The molecule has 7 heteroatoms. The summed E-state index contributed by atoms with van der Waals surface area (Å²) in [4.78, 5) is 28.9. The summed E-state index contributed by atoms with van der Waals surface area (Å²) in [7, 11) is 1.68. The van der Waals surface area contributed by atoms with Crippen molar-refractivity contribution in [2.45, 2.75) is 52.7 Å². The number of nitrogens with zero attached hydrogens (tertiary/aromatic N) is 3. The first-order valence-electron chi connectivity index (χ1n) is 7.56.